The summed E-state index contributed by atoms with van der Waals surface area (Å²) < 4.78 is 21.2. The molecule has 0 bridgehead atoms. The molecule has 0 aliphatic carbocycles. The van der Waals surface area contributed by atoms with Gasteiger partial charge in [0.1, 0.15) is 24.4 Å². The minimum absolute atomic E-state index is 0.0756. The zero-order chi connectivity index (χ0) is 20.1. The number of methoxy groups -OCH3 is 2. The first kappa shape index (κ1) is 21.6. The van der Waals surface area contributed by atoms with Gasteiger partial charge in [0.15, 0.2) is 11.5 Å². The van der Waals surface area contributed by atoms with Crippen LogP contribution < -0.4 is 14.2 Å². The first-order valence-electron chi connectivity index (χ1n) is 7.93. The molecule has 0 radical (unpaired) electrons. The zero-order valence-electron chi connectivity index (χ0n) is 14.6. The summed E-state index contributed by atoms with van der Waals surface area (Å²) in [6.07, 6.45) is -4.34. The van der Waals surface area contributed by atoms with E-state index >= 15 is 0 Å². The summed E-state index contributed by atoms with van der Waals surface area (Å²) in [5.74, 6) is 0.507. The van der Waals surface area contributed by atoms with Crippen LogP contribution in [-0.2, 0) is 9.53 Å². The topological polar surface area (TPSA) is 135 Å². The van der Waals surface area contributed by atoms with Gasteiger partial charge in [-0.3, -0.25) is 4.79 Å². The Labute approximate surface area is 163 Å². The Morgan fingerprint density at radius 3 is 2.22 bits per heavy atom. The third kappa shape index (κ3) is 4.98. The largest absolute Gasteiger partial charge is 0.493 e. The molecule has 1 aliphatic heterocycles. The van der Waals surface area contributed by atoms with Crippen LogP contribution in [0.5, 0.6) is 17.2 Å². The second-order valence-electron chi connectivity index (χ2n) is 5.71. The predicted molar refractivity (Wildman–Crippen MR) is 96.9 cm³/mol. The van der Waals surface area contributed by atoms with Crippen molar-refractivity contribution in [2.75, 3.05) is 20.8 Å². The summed E-state index contributed by atoms with van der Waals surface area (Å²) in [6, 6.07) is 3.13. The SMILES string of the molecule is COc1cc(C=CC(=O)Br)cc(OC)c1O[C@@H]1O[C@H](CO)[C@@H](O)[C@H](O)[C@H]1O. The maximum absolute atomic E-state index is 11.0. The van der Waals surface area contributed by atoms with Crippen LogP contribution in [0.3, 0.4) is 0 Å². The van der Waals surface area contributed by atoms with Gasteiger partial charge in [0.2, 0.25) is 16.7 Å². The standard InChI is InChI=1S/C17H21BrO9/c1-24-9-5-8(3-4-12(18)20)6-10(25-2)16(9)27-17-15(23)14(22)13(21)11(7-19)26-17/h3-6,11,13-15,17,19,21-23H,7H2,1-2H3/t11-,13-,14+,15-,17+/m1/s1. The number of aliphatic hydroxyl groups is 4. The number of carbonyl (C=O) groups is 1. The van der Waals surface area contributed by atoms with Gasteiger partial charge in [-0.2, -0.15) is 0 Å². The molecule has 4 N–H and O–H groups in total. The minimum Gasteiger partial charge on any atom is -0.493 e. The van der Waals surface area contributed by atoms with Gasteiger partial charge in [0.25, 0.3) is 0 Å². The van der Waals surface area contributed by atoms with Crippen molar-refractivity contribution in [3.8, 4) is 17.2 Å². The maximum atomic E-state index is 11.0. The Balaban J connectivity index is 2.35. The molecule has 9 nitrogen and oxygen atoms in total. The Morgan fingerprint density at radius 1 is 1.15 bits per heavy atom. The van der Waals surface area contributed by atoms with E-state index in [2.05, 4.69) is 15.9 Å². The molecule has 2 rings (SSSR count). The molecule has 5 atom stereocenters. The molecule has 0 aromatic heterocycles. The van der Waals surface area contributed by atoms with Gasteiger partial charge in [-0.1, -0.05) is 6.08 Å². The lowest BCUT2D eigenvalue weighted by Gasteiger charge is -2.39. The Bertz CT molecular complexity index is 666. The quantitative estimate of drug-likeness (QED) is 0.330. The lowest BCUT2D eigenvalue weighted by atomic mass is 9.99. The monoisotopic (exact) mass is 448 g/mol. The van der Waals surface area contributed by atoms with Gasteiger partial charge in [-0.15, -0.1) is 0 Å². The molecule has 150 valence electrons. The first-order chi connectivity index (χ1) is 12.8. The summed E-state index contributed by atoms with van der Waals surface area (Å²) in [7, 11) is 2.77. The molecular formula is C17H21BrO9. The fourth-order valence-electron chi connectivity index (χ4n) is 2.56. The van der Waals surface area contributed by atoms with Gasteiger partial charge < -0.3 is 39.4 Å². The van der Waals surface area contributed by atoms with Gasteiger partial charge >= 0.3 is 0 Å². The Hall–Kier alpha value is -1.69. The highest BCUT2D eigenvalue weighted by Crippen LogP contribution is 2.40. The number of allylic oxidation sites excluding steroid dienone is 1. The molecule has 0 amide bonds. The molecule has 27 heavy (non-hydrogen) atoms. The van der Waals surface area contributed by atoms with E-state index in [-0.39, 0.29) is 21.9 Å². The lowest BCUT2D eigenvalue weighted by molar-refractivity contribution is -0.277. The molecule has 1 aromatic carbocycles. The smallest absolute Gasteiger partial charge is 0.229 e. The third-order valence-electron chi connectivity index (χ3n) is 3.97. The van der Waals surface area contributed by atoms with Crippen molar-refractivity contribution in [3.05, 3.63) is 23.8 Å². The number of hydrogen-bond acceptors (Lipinski definition) is 9. The van der Waals surface area contributed by atoms with E-state index in [0.717, 1.165) is 0 Å². The predicted octanol–water partition coefficient (Wildman–Crippen LogP) is -0.183. The van der Waals surface area contributed by atoms with E-state index in [1.54, 1.807) is 12.1 Å². The van der Waals surface area contributed by atoms with E-state index in [1.807, 2.05) is 0 Å². The number of benzene rings is 1. The number of halogens is 1. The van der Waals surface area contributed by atoms with Crippen molar-refractivity contribution < 1.29 is 44.2 Å². The van der Waals surface area contributed by atoms with Crippen molar-refractivity contribution in [1.82, 2.24) is 0 Å². The van der Waals surface area contributed by atoms with E-state index in [4.69, 9.17) is 18.9 Å². The van der Waals surface area contributed by atoms with Crippen LogP contribution >= 0.6 is 15.9 Å². The summed E-state index contributed by atoms with van der Waals surface area (Å²) in [4.78, 5) is 11.0. The number of carbonyl (C=O) groups excluding carboxylic acids is 1. The van der Waals surface area contributed by atoms with Crippen LogP contribution in [0.2, 0.25) is 0 Å². The van der Waals surface area contributed by atoms with Crippen molar-refractivity contribution >= 4 is 26.7 Å². The highest BCUT2D eigenvalue weighted by atomic mass is 79.9. The fraction of sp³-hybridized carbons (Fsp3) is 0.471. The van der Waals surface area contributed by atoms with Crippen molar-refractivity contribution in [2.24, 2.45) is 0 Å². The molecular weight excluding hydrogens is 428 g/mol. The molecule has 1 fully saturated rings. The highest BCUT2D eigenvalue weighted by Gasteiger charge is 2.45. The van der Waals surface area contributed by atoms with Crippen LogP contribution in [0.1, 0.15) is 5.56 Å². The van der Waals surface area contributed by atoms with Crippen molar-refractivity contribution in [3.63, 3.8) is 0 Å². The van der Waals surface area contributed by atoms with E-state index in [1.165, 1.54) is 26.4 Å². The summed E-state index contributed by atoms with van der Waals surface area (Å²) in [5.41, 5.74) is 0.581. The molecule has 1 aliphatic rings. The van der Waals surface area contributed by atoms with Gasteiger partial charge in [0.05, 0.1) is 20.8 Å². The third-order valence-corrected chi connectivity index (χ3v) is 4.24. The van der Waals surface area contributed by atoms with E-state index in [9.17, 15) is 25.2 Å². The van der Waals surface area contributed by atoms with Crippen LogP contribution in [0.4, 0.5) is 0 Å². The summed E-state index contributed by atoms with van der Waals surface area (Å²) in [5, 5.41) is 39.1. The van der Waals surface area contributed by atoms with E-state index in [0.29, 0.717) is 5.56 Å². The molecule has 1 aromatic rings. The van der Waals surface area contributed by atoms with Gasteiger partial charge in [-0.05, 0) is 39.7 Å². The molecule has 0 spiro atoms. The first-order valence-corrected chi connectivity index (χ1v) is 8.72. The van der Waals surface area contributed by atoms with Gasteiger partial charge in [-0.25, -0.2) is 0 Å². The van der Waals surface area contributed by atoms with Crippen LogP contribution in [0, 0.1) is 0 Å². The minimum atomic E-state index is -1.58. The highest BCUT2D eigenvalue weighted by molar-refractivity contribution is 9.18. The van der Waals surface area contributed by atoms with Crippen LogP contribution in [0.25, 0.3) is 6.08 Å². The number of rotatable bonds is 7. The van der Waals surface area contributed by atoms with Crippen LogP contribution in [-0.4, -0.2) is 76.7 Å². The Kier molecular flexibility index (Phi) is 7.59. The van der Waals surface area contributed by atoms with Crippen molar-refractivity contribution in [1.29, 1.82) is 0 Å². The summed E-state index contributed by atoms with van der Waals surface area (Å²) in [6.45, 7) is -0.580. The lowest BCUT2D eigenvalue weighted by Crippen LogP contribution is -2.60. The molecule has 1 heterocycles. The average molecular weight is 449 g/mol. The Morgan fingerprint density at radius 2 is 1.74 bits per heavy atom. The molecule has 0 saturated carbocycles. The number of hydrogen-bond donors (Lipinski definition) is 4. The molecule has 0 unspecified atom stereocenters. The normalized spacial score (nSPS) is 28.2. The average Bonchev–Trinajstić information content (AvgIpc) is 2.66. The zero-order valence-corrected chi connectivity index (χ0v) is 16.2. The van der Waals surface area contributed by atoms with E-state index < -0.39 is 37.3 Å². The molecule has 10 heteroatoms. The second-order valence-corrected chi connectivity index (χ2v) is 6.49. The maximum Gasteiger partial charge on any atom is 0.229 e. The number of aliphatic hydroxyl groups excluding tert-OH is 4. The van der Waals surface area contributed by atoms with Crippen molar-refractivity contribution in [2.45, 2.75) is 30.7 Å². The molecule has 1 saturated heterocycles. The number of ether oxygens (including phenoxy) is 4. The second kappa shape index (κ2) is 9.49. The van der Waals surface area contributed by atoms with Crippen LogP contribution in [0.15, 0.2) is 18.2 Å². The van der Waals surface area contributed by atoms with Gasteiger partial charge in [0, 0.05) is 0 Å². The summed E-state index contributed by atoms with van der Waals surface area (Å²) >= 11 is 2.79. The fourth-order valence-corrected chi connectivity index (χ4v) is 2.69.